The molecule has 1 aromatic heterocycles. The van der Waals surface area contributed by atoms with E-state index in [1.54, 1.807) is 4.90 Å². The van der Waals surface area contributed by atoms with Crippen LogP contribution in [0.2, 0.25) is 0 Å². The first kappa shape index (κ1) is 12.4. The average molecular weight is 302 g/mol. The quantitative estimate of drug-likeness (QED) is 0.801. The van der Waals surface area contributed by atoms with E-state index in [0.717, 1.165) is 17.8 Å². The summed E-state index contributed by atoms with van der Waals surface area (Å²) in [7, 11) is 0. The van der Waals surface area contributed by atoms with E-state index in [9.17, 15) is 4.79 Å². The standard InChI is InChI=1S/C11H16BrN3O2/c1-11(2,3)17-10(16)15-5-4-7-8(6-15)14-9(12)13-7/h4-6H2,1-3H3,(H,13,14). The van der Waals surface area contributed by atoms with Crippen molar-refractivity contribution in [3.05, 3.63) is 16.1 Å². The van der Waals surface area contributed by atoms with E-state index >= 15 is 0 Å². The number of nitrogens with one attached hydrogen (secondary N) is 1. The highest BCUT2D eigenvalue weighted by Crippen LogP contribution is 2.20. The second-order valence-corrected chi connectivity index (χ2v) is 5.86. The molecule has 0 bridgehead atoms. The molecule has 2 rings (SSSR count). The number of imidazole rings is 1. The van der Waals surface area contributed by atoms with Gasteiger partial charge in [-0.15, -0.1) is 0 Å². The number of rotatable bonds is 0. The van der Waals surface area contributed by atoms with Crippen LogP contribution in [0.5, 0.6) is 0 Å². The first-order valence-corrected chi connectivity index (χ1v) is 6.35. The van der Waals surface area contributed by atoms with Gasteiger partial charge in [0.25, 0.3) is 0 Å². The first-order valence-electron chi connectivity index (χ1n) is 5.56. The van der Waals surface area contributed by atoms with Gasteiger partial charge in [0.15, 0.2) is 4.73 Å². The van der Waals surface area contributed by atoms with Crippen molar-refractivity contribution in [3.8, 4) is 0 Å². The molecule has 6 heteroatoms. The maximum Gasteiger partial charge on any atom is 0.410 e. The van der Waals surface area contributed by atoms with Crippen LogP contribution in [0.4, 0.5) is 4.79 Å². The third kappa shape index (κ3) is 3.00. The van der Waals surface area contributed by atoms with Gasteiger partial charge in [-0.25, -0.2) is 9.78 Å². The zero-order valence-electron chi connectivity index (χ0n) is 10.2. The van der Waals surface area contributed by atoms with E-state index in [0.29, 0.717) is 17.8 Å². The summed E-state index contributed by atoms with van der Waals surface area (Å²) in [5.74, 6) is 0. The number of nitrogens with zero attached hydrogens (tertiary/aromatic N) is 2. The van der Waals surface area contributed by atoms with E-state index in [1.165, 1.54) is 0 Å². The van der Waals surface area contributed by atoms with E-state index in [-0.39, 0.29) is 6.09 Å². The molecule has 0 aliphatic carbocycles. The molecule has 0 fully saturated rings. The van der Waals surface area contributed by atoms with Gasteiger partial charge in [0.05, 0.1) is 17.9 Å². The number of aromatic nitrogens is 2. The largest absolute Gasteiger partial charge is 0.444 e. The van der Waals surface area contributed by atoms with E-state index < -0.39 is 5.60 Å². The van der Waals surface area contributed by atoms with Crippen molar-refractivity contribution in [2.24, 2.45) is 0 Å². The van der Waals surface area contributed by atoms with Crippen molar-refractivity contribution in [2.45, 2.75) is 39.3 Å². The van der Waals surface area contributed by atoms with Crippen LogP contribution in [-0.2, 0) is 17.7 Å². The first-order chi connectivity index (χ1) is 7.85. The van der Waals surface area contributed by atoms with Crippen molar-refractivity contribution < 1.29 is 9.53 Å². The van der Waals surface area contributed by atoms with Crippen molar-refractivity contribution >= 4 is 22.0 Å². The van der Waals surface area contributed by atoms with Gasteiger partial charge >= 0.3 is 6.09 Å². The number of H-pyrrole nitrogens is 1. The minimum Gasteiger partial charge on any atom is -0.444 e. The van der Waals surface area contributed by atoms with Gasteiger partial charge in [-0.2, -0.15) is 0 Å². The topological polar surface area (TPSA) is 58.2 Å². The van der Waals surface area contributed by atoms with E-state index in [1.807, 2.05) is 20.8 Å². The molecule has 0 aromatic carbocycles. The summed E-state index contributed by atoms with van der Waals surface area (Å²) in [6, 6.07) is 0. The van der Waals surface area contributed by atoms with Crippen molar-refractivity contribution in [2.75, 3.05) is 6.54 Å². The molecule has 0 saturated carbocycles. The van der Waals surface area contributed by atoms with Gasteiger partial charge in [0.2, 0.25) is 0 Å². The Morgan fingerprint density at radius 3 is 2.88 bits per heavy atom. The van der Waals surface area contributed by atoms with E-state index in [4.69, 9.17) is 4.74 Å². The second kappa shape index (κ2) is 4.33. The monoisotopic (exact) mass is 301 g/mol. The molecular weight excluding hydrogens is 286 g/mol. The maximum absolute atomic E-state index is 11.9. The molecule has 0 radical (unpaired) electrons. The summed E-state index contributed by atoms with van der Waals surface area (Å²) in [6.07, 6.45) is 0.491. The lowest BCUT2D eigenvalue weighted by Crippen LogP contribution is -2.39. The number of hydrogen-bond acceptors (Lipinski definition) is 3. The average Bonchev–Trinajstić information content (AvgIpc) is 2.53. The SMILES string of the molecule is CC(C)(C)OC(=O)N1CCc2nc(Br)[nH]c2C1. The maximum atomic E-state index is 11.9. The molecule has 0 atom stereocenters. The molecule has 1 aliphatic rings. The molecule has 1 N–H and O–H groups in total. The molecule has 1 amide bonds. The molecule has 17 heavy (non-hydrogen) atoms. The van der Waals surface area contributed by atoms with Crippen LogP contribution in [0, 0.1) is 0 Å². The predicted octanol–water partition coefficient (Wildman–Crippen LogP) is 2.47. The number of carbonyl (C=O) groups excluding carboxylic acids is 1. The fourth-order valence-corrected chi connectivity index (χ4v) is 2.19. The molecule has 1 aliphatic heterocycles. The second-order valence-electron chi connectivity index (χ2n) is 5.10. The third-order valence-electron chi connectivity index (χ3n) is 2.45. The highest BCUT2D eigenvalue weighted by molar-refractivity contribution is 9.10. The Kier molecular flexibility index (Phi) is 3.16. The lowest BCUT2D eigenvalue weighted by atomic mass is 10.1. The van der Waals surface area contributed by atoms with Crippen LogP contribution < -0.4 is 0 Å². The summed E-state index contributed by atoms with van der Waals surface area (Å²) in [4.78, 5) is 21.0. The third-order valence-corrected chi connectivity index (χ3v) is 2.83. The van der Waals surface area contributed by atoms with Crippen LogP contribution in [-0.4, -0.2) is 33.1 Å². The summed E-state index contributed by atoms with van der Waals surface area (Å²) in [5.41, 5.74) is 1.55. The predicted molar refractivity (Wildman–Crippen MR) is 66.6 cm³/mol. The Morgan fingerprint density at radius 1 is 1.53 bits per heavy atom. The van der Waals surface area contributed by atoms with Crippen molar-refractivity contribution in [1.29, 1.82) is 0 Å². The fourth-order valence-electron chi connectivity index (χ4n) is 1.74. The van der Waals surface area contributed by atoms with Crippen molar-refractivity contribution in [1.82, 2.24) is 14.9 Å². The minimum atomic E-state index is -0.452. The number of fused-ring (bicyclic) bond motifs is 1. The Hall–Kier alpha value is -1.04. The number of amides is 1. The highest BCUT2D eigenvalue weighted by Gasteiger charge is 2.27. The van der Waals surface area contributed by atoms with Crippen molar-refractivity contribution in [3.63, 3.8) is 0 Å². The summed E-state index contributed by atoms with van der Waals surface area (Å²) in [5, 5.41) is 0. The molecule has 2 heterocycles. The van der Waals surface area contributed by atoms with Gasteiger partial charge < -0.3 is 14.6 Å². The number of carbonyl (C=O) groups is 1. The van der Waals surface area contributed by atoms with Gasteiger partial charge in [-0.05, 0) is 36.7 Å². The van der Waals surface area contributed by atoms with Gasteiger partial charge in [0, 0.05) is 13.0 Å². The smallest absolute Gasteiger partial charge is 0.410 e. The fraction of sp³-hybridized carbons (Fsp3) is 0.636. The molecule has 1 aromatic rings. The Bertz CT molecular complexity index is 436. The van der Waals surface area contributed by atoms with Crippen LogP contribution in [0.1, 0.15) is 32.2 Å². The normalized spacial score (nSPS) is 15.6. The number of aromatic amines is 1. The lowest BCUT2D eigenvalue weighted by molar-refractivity contribution is 0.0221. The van der Waals surface area contributed by atoms with Crippen LogP contribution in [0.15, 0.2) is 4.73 Å². The molecule has 94 valence electrons. The summed E-state index contributed by atoms with van der Waals surface area (Å²) in [6.45, 7) is 6.79. The Balaban J connectivity index is 2.05. The Morgan fingerprint density at radius 2 is 2.24 bits per heavy atom. The number of ether oxygens (including phenoxy) is 1. The lowest BCUT2D eigenvalue weighted by Gasteiger charge is -2.29. The molecule has 0 unspecified atom stereocenters. The number of halogens is 1. The van der Waals surface area contributed by atoms with Crippen LogP contribution in [0.3, 0.4) is 0 Å². The molecule has 5 nitrogen and oxygen atoms in total. The summed E-state index contributed by atoms with van der Waals surface area (Å²) >= 11 is 3.30. The highest BCUT2D eigenvalue weighted by atomic mass is 79.9. The zero-order valence-corrected chi connectivity index (χ0v) is 11.8. The van der Waals surface area contributed by atoms with Gasteiger partial charge in [-0.3, -0.25) is 0 Å². The molecule has 0 spiro atoms. The molecular formula is C11H16BrN3O2. The van der Waals surface area contributed by atoms with Crippen LogP contribution in [0.25, 0.3) is 0 Å². The molecule has 0 saturated heterocycles. The van der Waals surface area contributed by atoms with Crippen LogP contribution >= 0.6 is 15.9 Å². The summed E-state index contributed by atoms with van der Waals surface area (Å²) < 4.78 is 6.06. The zero-order chi connectivity index (χ0) is 12.6. The van der Waals surface area contributed by atoms with Gasteiger partial charge in [0.1, 0.15) is 5.60 Å². The van der Waals surface area contributed by atoms with E-state index in [2.05, 4.69) is 25.9 Å². The van der Waals surface area contributed by atoms with Gasteiger partial charge in [-0.1, -0.05) is 0 Å². The minimum absolute atomic E-state index is 0.270. The Labute approximate surface area is 109 Å². The number of hydrogen-bond donors (Lipinski definition) is 1.